The molecule has 1 unspecified atom stereocenters. The van der Waals surface area contributed by atoms with Crippen molar-refractivity contribution in [3.05, 3.63) is 29.6 Å². The predicted octanol–water partition coefficient (Wildman–Crippen LogP) is 0.600. The second-order valence-corrected chi connectivity index (χ2v) is 5.72. The maximum atomic E-state index is 14.1. The lowest BCUT2D eigenvalue weighted by molar-refractivity contribution is -0.130. The largest absolute Gasteiger partial charge is 0.496 e. The summed E-state index contributed by atoms with van der Waals surface area (Å²) in [6, 6.07) is 4.66. The molecule has 7 heteroatoms. The number of nitrogens with zero attached hydrogens (tertiary/aromatic N) is 2. The van der Waals surface area contributed by atoms with E-state index in [2.05, 4.69) is 0 Å². The van der Waals surface area contributed by atoms with Crippen LogP contribution in [-0.2, 0) is 16.1 Å². The molecule has 0 spiro atoms. The van der Waals surface area contributed by atoms with Gasteiger partial charge in [0.15, 0.2) is 0 Å². The molecule has 1 aliphatic heterocycles. The lowest BCUT2D eigenvalue weighted by atomic mass is 10.1. The van der Waals surface area contributed by atoms with Crippen LogP contribution in [0.3, 0.4) is 0 Å². The van der Waals surface area contributed by atoms with Gasteiger partial charge in [-0.05, 0) is 12.1 Å². The summed E-state index contributed by atoms with van der Waals surface area (Å²) in [5, 5.41) is 0. The van der Waals surface area contributed by atoms with Crippen molar-refractivity contribution in [2.45, 2.75) is 13.5 Å². The van der Waals surface area contributed by atoms with E-state index in [1.807, 2.05) is 4.90 Å². The van der Waals surface area contributed by atoms with Gasteiger partial charge in [0.1, 0.15) is 11.6 Å². The van der Waals surface area contributed by atoms with Gasteiger partial charge < -0.3 is 15.4 Å². The molecule has 0 bridgehead atoms. The first-order chi connectivity index (χ1) is 10.9. The minimum Gasteiger partial charge on any atom is -0.496 e. The molecule has 0 aromatic heterocycles. The Balaban J connectivity index is 2.19. The topological polar surface area (TPSA) is 75.9 Å². The lowest BCUT2D eigenvalue weighted by Gasteiger charge is -2.23. The number of primary amides is 1. The van der Waals surface area contributed by atoms with E-state index in [9.17, 15) is 14.0 Å². The first-order valence-corrected chi connectivity index (χ1v) is 7.51. The number of nitrogens with two attached hydrogens (primary N) is 1. The SMILES string of the molecule is COc1cccc(F)c1CN1CCN(C(C)=O)CC(C(N)=O)C1. The summed E-state index contributed by atoms with van der Waals surface area (Å²) in [5.74, 6) is -0.912. The van der Waals surface area contributed by atoms with Gasteiger partial charge in [0, 0.05) is 45.2 Å². The fourth-order valence-electron chi connectivity index (χ4n) is 2.80. The molecule has 1 heterocycles. The van der Waals surface area contributed by atoms with Crippen molar-refractivity contribution < 1.29 is 18.7 Å². The van der Waals surface area contributed by atoms with Crippen LogP contribution >= 0.6 is 0 Å². The van der Waals surface area contributed by atoms with Gasteiger partial charge in [0.05, 0.1) is 13.0 Å². The summed E-state index contributed by atoms with van der Waals surface area (Å²) in [6.45, 7) is 3.47. The molecule has 1 aromatic rings. The smallest absolute Gasteiger partial charge is 0.223 e. The summed E-state index contributed by atoms with van der Waals surface area (Å²) in [6.07, 6.45) is 0. The van der Waals surface area contributed by atoms with Gasteiger partial charge in [-0.3, -0.25) is 14.5 Å². The molecule has 0 saturated carbocycles. The van der Waals surface area contributed by atoms with Crippen LogP contribution in [-0.4, -0.2) is 54.9 Å². The van der Waals surface area contributed by atoms with E-state index in [1.165, 1.54) is 20.1 Å². The molecular weight excluding hydrogens is 301 g/mol. The number of halogens is 1. The molecule has 23 heavy (non-hydrogen) atoms. The first kappa shape index (κ1) is 17.2. The molecule has 1 atom stereocenters. The summed E-state index contributed by atoms with van der Waals surface area (Å²) in [5.41, 5.74) is 5.88. The van der Waals surface area contributed by atoms with Crippen molar-refractivity contribution in [3.63, 3.8) is 0 Å². The van der Waals surface area contributed by atoms with Crippen LogP contribution in [0.1, 0.15) is 12.5 Å². The molecule has 1 saturated heterocycles. The molecule has 2 rings (SSSR count). The lowest BCUT2D eigenvalue weighted by Crippen LogP contribution is -2.39. The van der Waals surface area contributed by atoms with Gasteiger partial charge in [-0.2, -0.15) is 0 Å². The number of methoxy groups -OCH3 is 1. The van der Waals surface area contributed by atoms with Crippen molar-refractivity contribution in [1.82, 2.24) is 9.80 Å². The van der Waals surface area contributed by atoms with Crippen molar-refractivity contribution in [2.24, 2.45) is 11.7 Å². The zero-order chi connectivity index (χ0) is 17.0. The highest BCUT2D eigenvalue weighted by atomic mass is 19.1. The Hall–Kier alpha value is -2.15. The van der Waals surface area contributed by atoms with E-state index < -0.39 is 11.8 Å². The minimum atomic E-state index is -0.473. The number of ether oxygens (including phenoxy) is 1. The molecular formula is C16H22FN3O3. The number of carbonyl (C=O) groups is 2. The number of amides is 2. The highest BCUT2D eigenvalue weighted by Gasteiger charge is 2.28. The molecule has 0 radical (unpaired) electrons. The van der Waals surface area contributed by atoms with E-state index in [0.717, 1.165) is 0 Å². The number of carbonyl (C=O) groups excluding carboxylic acids is 2. The van der Waals surface area contributed by atoms with Gasteiger partial charge in [0.25, 0.3) is 0 Å². The van der Waals surface area contributed by atoms with Crippen LogP contribution in [0.15, 0.2) is 18.2 Å². The summed E-state index contributed by atoms with van der Waals surface area (Å²) < 4.78 is 19.3. The molecule has 1 aromatic carbocycles. The number of hydrogen-bond donors (Lipinski definition) is 1. The average Bonchev–Trinajstić information content (AvgIpc) is 2.72. The van der Waals surface area contributed by atoms with Crippen molar-refractivity contribution >= 4 is 11.8 Å². The third-order valence-electron chi connectivity index (χ3n) is 4.13. The van der Waals surface area contributed by atoms with Gasteiger partial charge in [-0.15, -0.1) is 0 Å². The van der Waals surface area contributed by atoms with Gasteiger partial charge in [0.2, 0.25) is 11.8 Å². The van der Waals surface area contributed by atoms with Crippen molar-refractivity contribution in [2.75, 3.05) is 33.3 Å². The Morgan fingerprint density at radius 2 is 2.09 bits per heavy atom. The maximum Gasteiger partial charge on any atom is 0.223 e. The first-order valence-electron chi connectivity index (χ1n) is 7.51. The van der Waals surface area contributed by atoms with Crippen LogP contribution in [0, 0.1) is 11.7 Å². The van der Waals surface area contributed by atoms with Crippen LogP contribution in [0.4, 0.5) is 4.39 Å². The zero-order valence-corrected chi connectivity index (χ0v) is 13.4. The predicted molar refractivity (Wildman–Crippen MR) is 83.2 cm³/mol. The standard InChI is InChI=1S/C16H22FN3O3/c1-11(21)20-7-6-19(8-12(9-20)16(18)22)10-13-14(17)4-3-5-15(13)23-2/h3-5,12H,6-10H2,1-2H3,(H2,18,22). The Kier molecular flexibility index (Phi) is 5.54. The number of rotatable bonds is 4. The third-order valence-corrected chi connectivity index (χ3v) is 4.13. The normalized spacial score (nSPS) is 19.3. The molecule has 1 fully saturated rings. The molecule has 6 nitrogen and oxygen atoms in total. The summed E-state index contributed by atoms with van der Waals surface area (Å²) in [4.78, 5) is 26.8. The quantitative estimate of drug-likeness (QED) is 0.880. The second kappa shape index (κ2) is 7.41. The second-order valence-electron chi connectivity index (χ2n) is 5.72. The Labute approximate surface area is 135 Å². The van der Waals surface area contributed by atoms with E-state index in [-0.39, 0.29) is 11.7 Å². The Bertz CT molecular complexity index is 594. The summed E-state index contributed by atoms with van der Waals surface area (Å²) >= 11 is 0. The molecule has 1 aliphatic rings. The fourth-order valence-corrected chi connectivity index (χ4v) is 2.80. The number of benzene rings is 1. The van der Waals surface area contributed by atoms with Crippen LogP contribution in [0.2, 0.25) is 0 Å². The molecule has 2 amide bonds. The summed E-state index contributed by atoms with van der Waals surface area (Å²) in [7, 11) is 1.49. The van der Waals surface area contributed by atoms with E-state index >= 15 is 0 Å². The molecule has 126 valence electrons. The van der Waals surface area contributed by atoms with Gasteiger partial charge in [-0.25, -0.2) is 4.39 Å². The van der Waals surface area contributed by atoms with Gasteiger partial charge >= 0.3 is 0 Å². The van der Waals surface area contributed by atoms with Crippen LogP contribution < -0.4 is 10.5 Å². The Morgan fingerprint density at radius 1 is 1.35 bits per heavy atom. The Morgan fingerprint density at radius 3 is 2.70 bits per heavy atom. The zero-order valence-electron chi connectivity index (χ0n) is 13.4. The van der Waals surface area contributed by atoms with E-state index in [0.29, 0.717) is 44.0 Å². The van der Waals surface area contributed by atoms with Crippen LogP contribution in [0.25, 0.3) is 0 Å². The van der Waals surface area contributed by atoms with E-state index in [1.54, 1.807) is 17.0 Å². The number of hydrogen-bond acceptors (Lipinski definition) is 4. The minimum absolute atomic E-state index is 0.0958. The van der Waals surface area contributed by atoms with Gasteiger partial charge in [-0.1, -0.05) is 6.07 Å². The maximum absolute atomic E-state index is 14.1. The monoisotopic (exact) mass is 323 g/mol. The third kappa shape index (κ3) is 4.19. The average molecular weight is 323 g/mol. The highest BCUT2D eigenvalue weighted by Crippen LogP contribution is 2.24. The van der Waals surface area contributed by atoms with E-state index in [4.69, 9.17) is 10.5 Å². The van der Waals surface area contributed by atoms with Crippen LogP contribution in [0.5, 0.6) is 5.75 Å². The molecule has 2 N–H and O–H groups in total. The van der Waals surface area contributed by atoms with Crippen molar-refractivity contribution in [3.8, 4) is 5.75 Å². The molecule has 0 aliphatic carbocycles. The highest BCUT2D eigenvalue weighted by molar-refractivity contribution is 5.79. The fraction of sp³-hybridized carbons (Fsp3) is 0.500. The van der Waals surface area contributed by atoms with Crippen molar-refractivity contribution in [1.29, 1.82) is 0 Å².